The number of hydrogen-bond donors (Lipinski definition) is 1. The lowest BCUT2D eigenvalue weighted by molar-refractivity contribution is 0.0247. The maximum Gasteiger partial charge on any atom is 0.0583 e. The molecular weight excluding hydrogens is 257 g/mol. The second-order valence-electron chi connectivity index (χ2n) is 5.25. The summed E-state index contributed by atoms with van der Waals surface area (Å²) in [5.74, 6) is 0.436. The lowest BCUT2D eigenvalue weighted by Crippen LogP contribution is -2.43. The molecule has 2 nitrogen and oxygen atoms in total. The Morgan fingerprint density at radius 1 is 1.24 bits per heavy atom. The zero-order chi connectivity index (χ0) is 12.3. The molecule has 2 aliphatic rings. The normalized spacial score (nSPS) is 36.4. The SMILES string of the molecule is OC1CCCCC1C1CCCN1CC(Cl)=CCl. The molecule has 1 saturated heterocycles. The highest BCUT2D eigenvalue weighted by atomic mass is 35.5. The summed E-state index contributed by atoms with van der Waals surface area (Å²) in [6, 6.07) is 0.496. The Morgan fingerprint density at radius 3 is 2.71 bits per heavy atom. The molecular formula is C13H21Cl2NO. The van der Waals surface area contributed by atoms with Crippen LogP contribution in [-0.2, 0) is 0 Å². The van der Waals surface area contributed by atoms with Gasteiger partial charge in [0.05, 0.1) is 6.10 Å². The van der Waals surface area contributed by atoms with Crippen LogP contribution in [0.2, 0.25) is 0 Å². The highest BCUT2D eigenvalue weighted by molar-refractivity contribution is 6.36. The minimum atomic E-state index is -0.117. The monoisotopic (exact) mass is 277 g/mol. The van der Waals surface area contributed by atoms with Gasteiger partial charge in [-0.15, -0.1) is 0 Å². The summed E-state index contributed by atoms with van der Waals surface area (Å²) in [6.07, 6.45) is 6.83. The predicted octanol–water partition coefficient (Wildman–Crippen LogP) is 3.32. The fourth-order valence-corrected chi connectivity index (χ4v) is 3.57. The van der Waals surface area contributed by atoms with Gasteiger partial charge in [-0.25, -0.2) is 0 Å². The summed E-state index contributed by atoms with van der Waals surface area (Å²) in [7, 11) is 0. The molecule has 1 heterocycles. The Hall–Kier alpha value is 0.240. The van der Waals surface area contributed by atoms with Crippen LogP contribution in [0.15, 0.2) is 10.6 Å². The summed E-state index contributed by atoms with van der Waals surface area (Å²) < 4.78 is 0. The Kier molecular flexibility index (Phi) is 5.16. The highest BCUT2D eigenvalue weighted by Crippen LogP contribution is 2.35. The molecule has 0 radical (unpaired) electrons. The third-order valence-electron chi connectivity index (χ3n) is 4.16. The molecule has 3 unspecified atom stereocenters. The van der Waals surface area contributed by atoms with Crippen molar-refractivity contribution in [3.63, 3.8) is 0 Å². The smallest absolute Gasteiger partial charge is 0.0583 e. The van der Waals surface area contributed by atoms with Gasteiger partial charge in [0.2, 0.25) is 0 Å². The molecule has 0 bridgehead atoms. The summed E-state index contributed by atoms with van der Waals surface area (Å²) in [6.45, 7) is 1.81. The van der Waals surface area contributed by atoms with E-state index in [9.17, 15) is 5.11 Å². The average molecular weight is 278 g/mol. The first-order valence-electron chi connectivity index (χ1n) is 6.59. The van der Waals surface area contributed by atoms with Gasteiger partial charge in [-0.05, 0) is 32.2 Å². The third kappa shape index (κ3) is 3.37. The quantitative estimate of drug-likeness (QED) is 0.856. The van der Waals surface area contributed by atoms with E-state index in [1.807, 2.05) is 0 Å². The maximum atomic E-state index is 10.1. The van der Waals surface area contributed by atoms with Crippen LogP contribution >= 0.6 is 23.2 Å². The summed E-state index contributed by atoms with van der Waals surface area (Å²) in [4.78, 5) is 2.39. The van der Waals surface area contributed by atoms with Gasteiger partial charge in [0.25, 0.3) is 0 Å². The van der Waals surface area contributed by atoms with Crippen LogP contribution in [0.4, 0.5) is 0 Å². The van der Waals surface area contributed by atoms with E-state index in [4.69, 9.17) is 23.2 Å². The molecule has 98 valence electrons. The second kappa shape index (κ2) is 6.42. The fraction of sp³-hybridized carbons (Fsp3) is 0.846. The van der Waals surface area contributed by atoms with Crippen molar-refractivity contribution in [1.29, 1.82) is 0 Å². The van der Waals surface area contributed by atoms with Gasteiger partial charge in [-0.2, -0.15) is 0 Å². The standard InChI is InChI=1S/C13H21Cl2NO/c14-8-10(15)9-16-7-3-5-12(16)11-4-1-2-6-13(11)17/h8,11-13,17H,1-7,9H2. The van der Waals surface area contributed by atoms with Crippen molar-refractivity contribution >= 4 is 23.2 Å². The minimum Gasteiger partial charge on any atom is -0.393 e. The predicted molar refractivity (Wildman–Crippen MR) is 72.3 cm³/mol. The van der Waals surface area contributed by atoms with E-state index in [0.717, 1.165) is 25.9 Å². The molecule has 0 aromatic rings. The molecule has 1 aliphatic heterocycles. The summed E-state index contributed by atoms with van der Waals surface area (Å²) >= 11 is 11.6. The van der Waals surface area contributed by atoms with Crippen molar-refractivity contribution in [2.75, 3.05) is 13.1 Å². The Labute approximate surface area is 114 Å². The highest BCUT2D eigenvalue weighted by Gasteiger charge is 2.36. The van der Waals surface area contributed by atoms with E-state index < -0.39 is 0 Å². The summed E-state index contributed by atoms with van der Waals surface area (Å²) in [5, 5.41) is 10.8. The first-order chi connectivity index (χ1) is 8.22. The maximum absolute atomic E-state index is 10.1. The van der Waals surface area contributed by atoms with Gasteiger partial charge >= 0.3 is 0 Å². The molecule has 4 heteroatoms. The number of hydrogen-bond acceptors (Lipinski definition) is 2. The van der Waals surface area contributed by atoms with Crippen LogP contribution < -0.4 is 0 Å². The lowest BCUT2D eigenvalue weighted by Gasteiger charge is -2.37. The minimum absolute atomic E-state index is 0.117. The number of halogens is 2. The first-order valence-corrected chi connectivity index (χ1v) is 7.40. The zero-order valence-corrected chi connectivity index (χ0v) is 11.6. The van der Waals surface area contributed by atoms with Crippen LogP contribution in [0.5, 0.6) is 0 Å². The Bertz CT molecular complexity index is 283. The van der Waals surface area contributed by atoms with Gasteiger partial charge < -0.3 is 5.11 Å². The topological polar surface area (TPSA) is 23.5 Å². The van der Waals surface area contributed by atoms with E-state index in [2.05, 4.69) is 4.90 Å². The lowest BCUT2D eigenvalue weighted by atomic mass is 9.80. The molecule has 1 saturated carbocycles. The number of aliphatic hydroxyl groups is 1. The average Bonchev–Trinajstić information content (AvgIpc) is 2.77. The molecule has 2 rings (SSSR count). The van der Waals surface area contributed by atoms with Crippen molar-refractivity contribution in [3.8, 4) is 0 Å². The van der Waals surface area contributed by atoms with Crippen LogP contribution in [0.25, 0.3) is 0 Å². The van der Waals surface area contributed by atoms with E-state index >= 15 is 0 Å². The van der Waals surface area contributed by atoms with Crippen LogP contribution in [-0.4, -0.2) is 35.2 Å². The molecule has 2 fully saturated rings. The van der Waals surface area contributed by atoms with E-state index in [1.54, 1.807) is 0 Å². The molecule has 0 aromatic heterocycles. The van der Waals surface area contributed by atoms with Crippen molar-refractivity contribution < 1.29 is 5.11 Å². The second-order valence-corrected chi connectivity index (χ2v) is 5.96. The summed E-state index contributed by atoms with van der Waals surface area (Å²) in [5.41, 5.74) is 1.45. The number of rotatable bonds is 3. The van der Waals surface area contributed by atoms with Gasteiger partial charge in [-0.3, -0.25) is 4.90 Å². The fourth-order valence-electron chi connectivity index (χ4n) is 3.35. The van der Waals surface area contributed by atoms with E-state index in [-0.39, 0.29) is 6.10 Å². The van der Waals surface area contributed by atoms with Crippen LogP contribution in [0.1, 0.15) is 38.5 Å². The Balaban J connectivity index is 1.98. The number of likely N-dealkylation sites (tertiary alicyclic amines) is 1. The number of aliphatic hydroxyl groups excluding tert-OH is 1. The Morgan fingerprint density at radius 2 is 2.00 bits per heavy atom. The van der Waals surface area contributed by atoms with Crippen molar-refractivity contribution in [1.82, 2.24) is 4.90 Å². The largest absolute Gasteiger partial charge is 0.393 e. The third-order valence-corrected chi connectivity index (χ3v) is 4.77. The zero-order valence-electron chi connectivity index (χ0n) is 10.1. The molecule has 0 spiro atoms. The number of nitrogens with zero attached hydrogens (tertiary/aromatic N) is 1. The molecule has 1 aliphatic carbocycles. The van der Waals surface area contributed by atoms with Crippen LogP contribution in [0, 0.1) is 5.92 Å². The van der Waals surface area contributed by atoms with Crippen LogP contribution in [0.3, 0.4) is 0 Å². The molecule has 0 amide bonds. The van der Waals surface area contributed by atoms with E-state index in [0.29, 0.717) is 17.0 Å². The molecule has 0 aromatic carbocycles. The first kappa shape index (κ1) is 13.7. The molecule has 3 atom stereocenters. The van der Waals surface area contributed by atoms with Crippen molar-refractivity contribution in [3.05, 3.63) is 10.6 Å². The van der Waals surface area contributed by atoms with Gasteiger partial charge in [0.1, 0.15) is 0 Å². The van der Waals surface area contributed by atoms with Crippen molar-refractivity contribution in [2.24, 2.45) is 5.92 Å². The molecule has 17 heavy (non-hydrogen) atoms. The molecule has 1 N–H and O–H groups in total. The van der Waals surface area contributed by atoms with Gasteiger partial charge in [0.15, 0.2) is 0 Å². The van der Waals surface area contributed by atoms with E-state index in [1.165, 1.54) is 31.2 Å². The van der Waals surface area contributed by atoms with Crippen molar-refractivity contribution in [2.45, 2.75) is 50.7 Å². The van der Waals surface area contributed by atoms with Gasteiger partial charge in [0, 0.05) is 29.1 Å². The van der Waals surface area contributed by atoms with Gasteiger partial charge in [-0.1, -0.05) is 36.0 Å².